The summed E-state index contributed by atoms with van der Waals surface area (Å²) in [5.74, 6) is -0.276. The summed E-state index contributed by atoms with van der Waals surface area (Å²) in [6.45, 7) is 1.10. The van der Waals surface area contributed by atoms with Crippen molar-refractivity contribution in [3.05, 3.63) is 66.2 Å². The molecule has 4 rings (SSSR count). The van der Waals surface area contributed by atoms with Crippen LogP contribution < -0.4 is 10.3 Å². The maximum Gasteiger partial charge on any atom is 0.270 e. The van der Waals surface area contributed by atoms with Crippen molar-refractivity contribution >= 4 is 23.2 Å². The van der Waals surface area contributed by atoms with E-state index in [2.05, 4.69) is 22.6 Å². The summed E-state index contributed by atoms with van der Waals surface area (Å²) in [5, 5.41) is 9.30. The average molecular weight is 348 g/mol. The number of nitrogens with zero attached hydrogens (tertiary/aromatic N) is 3. The van der Waals surface area contributed by atoms with E-state index in [0.717, 1.165) is 11.3 Å². The summed E-state index contributed by atoms with van der Waals surface area (Å²) in [6.07, 6.45) is 0.524. The van der Waals surface area contributed by atoms with E-state index in [9.17, 15) is 9.59 Å². The van der Waals surface area contributed by atoms with Crippen LogP contribution in [0.4, 0.5) is 5.69 Å². The number of amides is 2. The van der Waals surface area contributed by atoms with Crippen LogP contribution in [0.15, 0.2) is 65.8 Å². The first-order valence-electron chi connectivity index (χ1n) is 8.75. The number of para-hydroxylation sites is 1. The predicted octanol–water partition coefficient (Wildman–Crippen LogP) is 1.95. The molecule has 0 radical (unpaired) electrons. The zero-order valence-corrected chi connectivity index (χ0v) is 14.3. The quantitative estimate of drug-likeness (QED) is 0.922. The number of hydrogen-bond donors (Lipinski definition) is 1. The molecule has 2 amide bonds. The summed E-state index contributed by atoms with van der Waals surface area (Å²) in [6, 6.07) is 19.9. The first kappa shape index (κ1) is 16.3. The van der Waals surface area contributed by atoms with Crippen LogP contribution in [0.1, 0.15) is 18.0 Å². The molecular formula is C20H20N4O2. The minimum absolute atomic E-state index is 0.0313. The smallest absolute Gasteiger partial charge is 0.270 e. The van der Waals surface area contributed by atoms with E-state index in [4.69, 9.17) is 0 Å². The molecule has 1 N–H and O–H groups in total. The molecular weight excluding hydrogens is 328 g/mol. The molecule has 2 aliphatic heterocycles. The number of hydrazone groups is 1. The first-order valence-corrected chi connectivity index (χ1v) is 8.75. The lowest BCUT2D eigenvalue weighted by atomic mass is 10.0. The molecule has 0 aromatic heterocycles. The van der Waals surface area contributed by atoms with Gasteiger partial charge in [0.05, 0.1) is 18.3 Å². The fourth-order valence-electron chi connectivity index (χ4n) is 3.39. The molecule has 6 heteroatoms. The lowest BCUT2D eigenvalue weighted by Crippen LogP contribution is -2.51. The minimum Gasteiger partial charge on any atom is -0.353 e. The third kappa shape index (κ3) is 3.18. The van der Waals surface area contributed by atoms with Gasteiger partial charge in [-0.3, -0.25) is 14.6 Å². The lowest BCUT2D eigenvalue weighted by Gasteiger charge is -2.26. The van der Waals surface area contributed by atoms with Gasteiger partial charge < -0.3 is 10.2 Å². The SMILES string of the molecule is O=C1CN(C(=O)C2=NN(c3ccccc3)[C@@H](c3ccccc3)C2)CCN1. The molecule has 2 aromatic rings. The highest BCUT2D eigenvalue weighted by molar-refractivity contribution is 6.40. The van der Waals surface area contributed by atoms with Crippen molar-refractivity contribution in [2.75, 3.05) is 24.6 Å². The summed E-state index contributed by atoms with van der Waals surface area (Å²) in [4.78, 5) is 26.1. The molecule has 0 saturated carbocycles. The Kier molecular flexibility index (Phi) is 4.39. The van der Waals surface area contributed by atoms with Gasteiger partial charge in [-0.15, -0.1) is 0 Å². The van der Waals surface area contributed by atoms with Crippen LogP contribution >= 0.6 is 0 Å². The van der Waals surface area contributed by atoms with Crippen LogP contribution in [0.3, 0.4) is 0 Å². The van der Waals surface area contributed by atoms with Gasteiger partial charge in [0.25, 0.3) is 5.91 Å². The van der Waals surface area contributed by atoms with E-state index < -0.39 is 0 Å². The Morgan fingerprint density at radius 1 is 1.04 bits per heavy atom. The summed E-state index contributed by atoms with van der Waals surface area (Å²) >= 11 is 0. The molecule has 2 aromatic carbocycles. The number of carbonyl (C=O) groups is 2. The van der Waals surface area contributed by atoms with Gasteiger partial charge in [0.2, 0.25) is 5.91 Å². The molecule has 0 unspecified atom stereocenters. The second-order valence-corrected chi connectivity index (χ2v) is 6.43. The molecule has 2 aliphatic rings. The second kappa shape index (κ2) is 7.00. The fourth-order valence-corrected chi connectivity index (χ4v) is 3.39. The van der Waals surface area contributed by atoms with Gasteiger partial charge in [-0.1, -0.05) is 48.5 Å². The van der Waals surface area contributed by atoms with E-state index in [1.807, 2.05) is 53.5 Å². The van der Waals surface area contributed by atoms with Crippen LogP contribution in [-0.4, -0.2) is 42.1 Å². The third-order valence-electron chi connectivity index (χ3n) is 4.69. The molecule has 26 heavy (non-hydrogen) atoms. The minimum atomic E-state index is -0.154. The summed E-state index contributed by atoms with van der Waals surface area (Å²) < 4.78 is 0. The van der Waals surface area contributed by atoms with Crippen molar-refractivity contribution in [1.29, 1.82) is 0 Å². The zero-order valence-electron chi connectivity index (χ0n) is 14.3. The first-order chi connectivity index (χ1) is 12.7. The molecule has 0 spiro atoms. The number of rotatable bonds is 3. The largest absolute Gasteiger partial charge is 0.353 e. The lowest BCUT2D eigenvalue weighted by molar-refractivity contribution is -0.133. The Hall–Kier alpha value is -3.15. The molecule has 6 nitrogen and oxygen atoms in total. The predicted molar refractivity (Wildman–Crippen MR) is 99.7 cm³/mol. The highest BCUT2D eigenvalue weighted by atomic mass is 16.2. The molecule has 1 fully saturated rings. The van der Waals surface area contributed by atoms with E-state index in [1.165, 1.54) is 0 Å². The fraction of sp³-hybridized carbons (Fsp3) is 0.250. The Morgan fingerprint density at radius 3 is 2.42 bits per heavy atom. The van der Waals surface area contributed by atoms with Crippen molar-refractivity contribution in [2.24, 2.45) is 5.10 Å². The molecule has 1 saturated heterocycles. The van der Waals surface area contributed by atoms with Gasteiger partial charge in [0, 0.05) is 19.5 Å². The molecule has 1 atom stereocenters. The van der Waals surface area contributed by atoms with Gasteiger partial charge in [0.1, 0.15) is 5.71 Å². The topological polar surface area (TPSA) is 65.0 Å². The van der Waals surface area contributed by atoms with Crippen molar-refractivity contribution < 1.29 is 9.59 Å². The van der Waals surface area contributed by atoms with Crippen molar-refractivity contribution in [2.45, 2.75) is 12.5 Å². The maximum absolute atomic E-state index is 12.9. The average Bonchev–Trinajstić information content (AvgIpc) is 3.14. The Labute approximate surface area is 152 Å². The van der Waals surface area contributed by atoms with Crippen LogP contribution in [0.5, 0.6) is 0 Å². The zero-order chi connectivity index (χ0) is 17.9. The van der Waals surface area contributed by atoms with Gasteiger partial charge in [-0.25, -0.2) is 0 Å². The number of carbonyl (C=O) groups excluding carboxylic acids is 2. The Bertz CT molecular complexity index is 835. The third-order valence-corrected chi connectivity index (χ3v) is 4.69. The number of hydrogen-bond acceptors (Lipinski definition) is 4. The normalized spacial score (nSPS) is 19.9. The standard InChI is InChI=1S/C20H20N4O2/c25-19-14-23(12-11-21-19)20(26)17-13-18(15-7-3-1-4-8-15)24(22-17)16-9-5-2-6-10-16/h1-10,18H,11-14H2,(H,21,25)/t18-/m1/s1. The highest BCUT2D eigenvalue weighted by Crippen LogP contribution is 2.35. The number of benzene rings is 2. The Balaban J connectivity index is 1.64. The van der Waals surface area contributed by atoms with Gasteiger partial charge in [-0.05, 0) is 17.7 Å². The van der Waals surface area contributed by atoms with Crippen LogP contribution in [0, 0.1) is 0 Å². The van der Waals surface area contributed by atoms with E-state index in [0.29, 0.717) is 25.2 Å². The molecule has 132 valence electrons. The summed E-state index contributed by atoms with van der Waals surface area (Å²) in [7, 11) is 0. The van der Waals surface area contributed by atoms with Gasteiger partial charge in [0.15, 0.2) is 0 Å². The van der Waals surface area contributed by atoms with E-state index in [1.54, 1.807) is 4.90 Å². The summed E-state index contributed by atoms with van der Waals surface area (Å²) in [5.41, 5.74) is 2.55. The molecule has 0 bridgehead atoms. The van der Waals surface area contributed by atoms with E-state index in [-0.39, 0.29) is 24.4 Å². The van der Waals surface area contributed by atoms with Crippen LogP contribution in [0.25, 0.3) is 0 Å². The van der Waals surface area contributed by atoms with Crippen LogP contribution in [-0.2, 0) is 9.59 Å². The van der Waals surface area contributed by atoms with Gasteiger partial charge >= 0.3 is 0 Å². The van der Waals surface area contributed by atoms with Gasteiger partial charge in [-0.2, -0.15) is 5.10 Å². The monoisotopic (exact) mass is 348 g/mol. The Morgan fingerprint density at radius 2 is 1.73 bits per heavy atom. The number of piperazine rings is 1. The maximum atomic E-state index is 12.9. The van der Waals surface area contributed by atoms with Crippen molar-refractivity contribution in [3.63, 3.8) is 0 Å². The van der Waals surface area contributed by atoms with Crippen LogP contribution in [0.2, 0.25) is 0 Å². The molecule has 0 aliphatic carbocycles. The highest BCUT2D eigenvalue weighted by Gasteiger charge is 2.35. The van der Waals surface area contributed by atoms with E-state index >= 15 is 0 Å². The molecule has 2 heterocycles. The van der Waals surface area contributed by atoms with Crippen molar-refractivity contribution in [3.8, 4) is 0 Å². The number of nitrogens with one attached hydrogen (secondary N) is 1. The second-order valence-electron chi connectivity index (χ2n) is 6.43. The van der Waals surface area contributed by atoms with Crippen molar-refractivity contribution in [1.82, 2.24) is 10.2 Å². The number of anilines is 1.